The van der Waals surface area contributed by atoms with E-state index in [1.807, 2.05) is 30.3 Å². The Morgan fingerprint density at radius 1 is 1.16 bits per heavy atom. The molecular weight excluding hydrogens is 336 g/mol. The van der Waals surface area contributed by atoms with Gasteiger partial charge in [-0.1, -0.05) is 37.1 Å². The van der Waals surface area contributed by atoms with Crippen molar-refractivity contribution in [1.82, 2.24) is 10.3 Å². The van der Waals surface area contributed by atoms with E-state index in [4.69, 9.17) is 0 Å². The van der Waals surface area contributed by atoms with Crippen LogP contribution in [0.5, 0.6) is 0 Å². The topological polar surface area (TPSA) is 76.1 Å². The maximum atomic E-state index is 12.2. The van der Waals surface area contributed by atoms with Gasteiger partial charge in [0.2, 0.25) is 5.91 Å². The van der Waals surface area contributed by atoms with Crippen LogP contribution in [0.4, 0.5) is 0 Å². The average molecular weight is 360 g/mol. The second-order valence-electron chi connectivity index (χ2n) is 6.62. The van der Waals surface area contributed by atoms with Crippen molar-refractivity contribution in [2.75, 3.05) is 12.3 Å². The summed E-state index contributed by atoms with van der Waals surface area (Å²) < 4.78 is 24.4. The molecule has 1 fully saturated rings. The van der Waals surface area contributed by atoms with Crippen LogP contribution in [-0.4, -0.2) is 36.9 Å². The van der Waals surface area contributed by atoms with E-state index in [0.717, 1.165) is 42.1 Å². The van der Waals surface area contributed by atoms with Crippen LogP contribution in [0, 0.1) is 0 Å². The lowest BCUT2D eigenvalue weighted by atomic mass is 10.1. The van der Waals surface area contributed by atoms with Gasteiger partial charge in [-0.05, 0) is 30.9 Å². The molecule has 1 amide bonds. The second-order valence-corrected chi connectivity index (χ2v) is 9.02. The summed E-state index contributed by atoms with van der Waals surface area (Å²) in [6.45, 7) is 0.484. The molecule has 1 aromatic carbocycles. The van der Waals surface area contributed by atoms with Crippen LogP contribution >= 0.6 is 0 Å². The van der Waals surface area contributed by atoms with Gasteiger partial charge in [-0.3, -0.25) is 9.78 Å². The van der Waals surface area contributed by atoms with Gasteiger partial charge in [0.1, 0.15) is 0 Å². The van der Waals surface area contributed by atoms with Gasteiger partial charge in [-0.2, -0.15) is 0 Å². The third-order valence-electron chi connectivity index (χ3n) is 4.86. The van der Waals surface area contributed by atoms with Crippen LogP contribution in [0.15, 0.2) is 36.5 Å². The minimum Gasteiger partial charge on any atom is -0.356 e. The molecule has 134 valence electrons. The number of aromatic nitrogens is 1. The van der Waals surface area contributed by atoms with Crippen LogP contribution in [0.3, 0.4) is 0 Å². The monoisotopic (exact) mass is 360 g/mol. The molecule has 1 aliphatic carbocycles. The number of benzene rings is 1. The number of carbonyl (C=O) groups excluding carboxylic acids is 1. The first kappa shape index (κ1) is 17.9. The van der Waals surface area contributed by atoms with Gasteiger partial charge in [0, 0.05) is 24.5 Å². The average Bonchev–Trinajstić information content (AvgIpc) is 3.16. The molecule has 3 rings (SSSR count). The van der Waals surface area contributed by atoms with Crippen molar-refractivity contribution in [2.24, 2.45) is 0 Å². The quantitative estimate of drug-likeness (QED) is 0.823. The second kappa shape index (κ2) is 7.95. The molecule has 1 N–H and O–H groups in total. The van der Waals surface area contributed by atoms with E-state index in [2.05, 4.69) is 10.3 Å². The molecule has 0 atom stereocenters. The molecule has 0 saturated heterocycles. The van der Waals surface area contributed by atoms with Crippen molar-refractivity contribution in [3.8, 4) is 0 Å². The Morgan fingerprint density at radius 3 is 2.72 bits per heavy atom. The van der Waals surface area contributed by atoms with Crippen molar-refractivity contribution in [2.45, 2.75) is 43.8 Å². The fourth-order valence-electron chi connectivity index (χ4n) is 3.44. The van der Waals surface area contributed by atoms with Crippen molar-refractivity contribution in [3.05, 3.63) is 42.1 Å². The van der Waals surface area contributed by atoms with Gasteiger partial charge >= 0.3 is 0 Å². The Balaban J connectivity index is 1.48. The number of nitrogens with one attached hydrogen (secondary N) is 1. The lowest BCUT2D eigenvalue weighted by Crippen LogP contribution is -2.29. The molecule has 1 aliphatic rings. The Morgan fingerprint density at radius 2 is 1.92 bits per heavy atom. The molecule has 6 heteroatoms. The summed E-state index contributed by atoms with van der Waals surface area (Å²) in [5.74, 6) is -0.242. The summed E-state index contributed by atoms with van der Waals surface area (Å²) in [6.07, 6.45) is 5.95. The van der Waals surface area contributed by atoms with Gasteiger partial charge in [0.25, 0.3) is 0 Å². The lowest BCUT2D eigenvalue weighted by Gasteiger charge is -2.11. The zero-order valence-corrected chi connectivity index (χ0v) is 15.1. The summed E-state index contributed by atoms with van der Waals surface area (Å²) in [4.78, 5) is 16.4. The first-order valence-corrected chi connectivity index (χ1v) is 10.6. The zero-order valence-electron chi connectivity index (χ0n) is 14.3. The van der Waals surface area contributed by atoms with Crippen LogP contribution in [0.2, 0.25) is 0 Å². The van der Waals surface area contributed by atoms with E-state index in [1.165, 1.54) is 0 Å². The number of nitrogens with zero attached hydrogens (tertiary/aromatic N) is 1. The summed E-state index contributed by atoms with van der Waals surface area (Å²) >= 11 is 0. The van der Waals surface area contributed by atoms with Crippen molar-refractivity contribution in [1.29, 1.82) is 0 Å². The van der Waals surface area contributed by atoms with Gasteiger partial charge < -0.3 is 5.32 Å². The van der Waals surface area contributed by atoms with Crippen LogP contribution in [0.25, 0.3) is 10.9 Å². The van der Waals surface area contributed by atoms with Gasteiger partial charge in [-0.25, -0.2) is 8.42 Å². The molecule has 1 saturated carbocycles. The number of para-hydroxylation sites is 1. The summed E-state index contributed by atoms with van der Waals surface area (Å²) in [6, 6.07) is 9.91. The predicted molar refractivity (Wildman–Crippen MR) is 99.1 cm³/mol. The van der Waals surface area contributed by atoms with E-state index in [-0.39, 0.29) is 23.3 Å². The van der Waals surface area contributed by atoms with Gasteiger partial charge in [0.15, 0.2) is 9.84 Å². The molecule has 1 aromatic heterocycles. The number of sulfone groups is 1. The number of hydrogen-bond acceptors (Lipinski definition) is 4. The summed E-state index contributed by atoms with van der Waals surface area (Å²) in [5, 5.41) is 3.67. The number of carbonyl (C=O) groups is 1. The molecule has 0 bridgehead atoms. The number of rotatable bonds is 7. The first-order valence-electron chi connectivity index (χ1n) is 8.87. The van der Waals surface area contributed by atoms with Gasteiger partial charge in [-0.15, -0.1) is 0 Å². The molecule has 0 spiro atoms. The van der Waals surface area contributed by atoms with E-state index >= 15 is 0 Å². The Hall–Kier alpha value is -1.95. The molecule has 0 unspecified atom stereocenters. The number of fused-ring (bicyclic) bond motifs is 1. The highest BCUT2D eigenvalue weighted by molar-refractivity contribution is 7.92. The van der Waals surface area contributed by atoms with Gasteiger partial charge in [0.05, 0.1) is 16.5 Å². The third kappa shape index (κ3) is 4.57. The Bertz CT molecular complexity index is 837. The maximum Gasteiger partial charge on any atom is 0.221 e. The highest BCUT2D eigenvalue weighted by Gasteiger charge is 2.28. The highest BCUT2D eigenvalue weighted by Crippen LogP contribution is 2.25. The first-order chi connectivity index (χ1) is 12.1. The van der Waals surface area contributed by atoms with Crippen LogP contribution < -0.4 is 5.32 Å². The van der Waals surface area contributed by atoms with E-state index < -0.39 is 9.84 Å². The Labute approximate surface area is 148 Å². The van der Waals surface area contributed by atoms with Crippen molar-refractivity contribution >= 4 is 26.6 Å². The minimum absolute atomic E-state index is 0.0423. The molecule has 2 aromatic rings. The summed E-state index contributed by atoms with van der Waals surface area (Å²) in [5.41, 5.74) is 2.03. The molecule has 0 aliphatic heterocycles. The normalized spacial score (nSPS) is 15.5. The Kier molecular flexibility index (Phi) is 5.68. The van der Waals surface area contributed by atoms with Crippen LogP contribution in [0.1, 0.15) is 37.7 Å². The zero-order chi connectivity index (χ0) is 17.7. The fraction of sp³-hybridized carbons (Fsp3) is 0.474. The maximum absolute atomic E-state index is 12.2. The lowest BCUT2D eigenvalue weighted by molar-refractivity contribution is -0.120. The largest absolute Gasteiger partial charge is 0.356 e. The highest BCUT2D eigenvalue weighted by atomic mass is 32.2. The van der Waals surface area contributed by atoms with E-state index in [1.54, 1.807) is 6.20 Å². The van der Waals surface area contributed by atoms with Crippen LogP contribution in [-0.2, 0) is 21.1 Å². The van der Waals surface area contributed by atoms with Crippen molar-refractivity contribution < 1.29 is 13.2 Å². The molecule has 25 heavy (non-hydrogen) atoms. The summed E-state index contributed by atoms with van der Waals surface area (Å²) in [7, 11) is -3.13. The SMILES string of the molecule is O=C(CCS(=O)(=O)C1CCCC1)NCCc1cccc2cccnc12. The number of amides is 1. The smallest absolute Gasteiger partial charge is 0.221 e. The molecule has 5 nitrogen and oxygen atoms in total. The van der Waals surface area contributed by atoms with Crippen molar-refractivity contribution in [3.63, 3.8) is 0 Å². The molecule has 0 radical (unpaired) electrons. The molecule has 1 heterocycles. The molecular formula is C19H24N2O3S. The predicted octanol–water partition coefficient (Wildman–Crippen LogP) is 2.64. The van der Waals surface area contributed by atoms with E-state index in [9.17, 15) is 13.2 Å². The minimum atomic E-state index is -3.13. The fourth-order valence-corrected chi connectivity index (χ4v) is 5.30. The number of pyridine rings is 1. The standard InChI is InChI=1S/C19H24N2O3S/c22-18(11-14-25(23,24)17-8-1-2-9-17)20-13-10-16-6-3-5-15-7-4-12-21-19(15)16/h3-7,12,17H,1-2,8-11,13-14H2,(H,20,22). The van der Waals surface area contributed by atoms with E-state index in [0.29, 0.717) is 13.0 Å². The number of hydrogen-bond donors (Lipinski definition) is 1. The third-order valence-corrected chi connectivity index (χ3v) is 7.12.